The molecule has 0 spiro atoms. The van der Waals surface area contributed by atoms with Gasteiger partial charge in [0.15, 0.2) is 0 Å². The van der Waals surface area contributed by atoms with Crippen molar-refractivity contribution < 1.29 is 9.59 Å². The molecule has 6 nitrogen and oxygen atoms in total. The lowest BCUT2D eigenvalue weighted by Gasteiger charge is -2.54. The minimum atomic E-state index is -0.451. The molecule has 4 aliphatic rings. The van der Waals surface area contributed by atoms with Gasteiger partial charge in [-0.1, -0.05) is 0 Å². The summed E-state index contributed by atoms with van der Waals surface area (Å²) in [4.78, 5) is 23.4. The molecule has 124 valence electrons. The summed E-state index contributed by atoms with van der Waals surface area (Å²) in [6, 6.07) is 2.09. The molecule has 4 bridgehead atoms. The monoisotopic (exact) mass is 316 g/mol. The largest absolute Gasteiger partial charge is 0.352 e. The van der Waals surface area contributed by atoms with Gasteiger partial charge in [0.25, 0.3) is 5.91 Å². The van der Waals surface area contributed by atoms with Crippen LogP contribution in [0.4, 0.5) is 0 Å². The van der Waals surface area contributed by atoms with Gasteiger partial charge in [-0.25, -0.2) is 5.43 Å². The van der Waals surface area contributed by atoms with Crippen LogP contribution in [-0.2, 0) is 9.59 Å². The van der Waals surface area contributed by atoms with Crippen molar-refractivity contribution in [3.63, 3.8) is 0 Å². The van der Waals surface area contributed by atoms with Crippen LogP contribution in [0.15, 0.2) is 5.10 Å². The molecule has 0 heterocycles. The predicted octanol–water partition coefficient (Wildman–Crippen LogP) is 1.72. The SMILES string of the molecule is CC(CC(=O)NC1C2CC3CC(C2)CC1C3)=NNC(=O)CC#N. The Morgan fingerprint density at radius 1 is 1.09 bits per heavy atom. The third-order valence-corrected chi connectivity index (χ3v) is 5.58. The first-order valence-electron chi connectivity index (χ1n) is 8.53. The summed E-state index contributed by atoms with van der Waals surface area (Å²) in [6.45, 7) is 1.71. The van der Waals surface area contributed by atoms with Crippen LogP contribution in [0, 0.1) is 35.0 Å². The highest BCUT2D eigenvalue weighted by atomic mass is 16.2. The molecule has 4 aliphatic carbocycles. The van der Waals surface area contributed by atoms with Crippen LogP contribution in [0.3, 0.4) is 0 Å². The van der Waals surface area contributed by atoms with Gasteiger partial charge in [-0.05, 0) is 62.7 Å². The van der Waals surface area contributed by atoms with Crippen molar-refractivity contribution in [1.29, 1.82) is 5.26 Å². The van der Waals surface area contributed by atoms with E-state index in [0.717, 1.165) is 11.8 Å². The van der Waals surface area contributed by atoms with Gasteiger partial charge in [0.05, 0.1) is 12.5 Å². The summed E-state index contributed by atoms with van der Waals surface area (Å²) in [6.07, 6.45) is 6.46. The molecule has 4 saturated carbocycles. The Bertz CT molecular complexity index is 535. The van der Waals surface area contributed by atoms with Crippen LogP contribution in [0.25, 0.3) is 0 Å². The highest BCUT2D eigenvalue weighted by Gasteiger charge is 2.48. The van der Waals surface area contributed by atoms with E-state index in [9.17, 15) is 9.59 Å². The number of hydrogen-bond donors (Lipinski definition) is 2. The molecule has 0 aromatic rings. The smallest absolute Gasteiger partial charge is 0.254 e. The molecular weight excluding hydrogens is 292 g/mol. The summed E-state index contributed by atoms with van der Waals surface area (Å²) in [5, 5.41) is 15.5. The van der Waals surface area contributed by atoms with E-state index in [1.165, 1.54) is 32.1 Å². The maximum Gasteiger partial charge on any atom is 0.254 e. The van der Waals surface area contributed by atoms with Crippen LogP contribution in [0.1, 0.15) is 51.9 Å². The Hall–Kier alpha value is -1.90. The van der Waals surface area contributed by atoms with Crippen molar-refractivity contribution >= 4 is 17.5 Å². The number of amides is 2. The second kappa shape index (κ2) is 6.69. The third-order valence-electron chi connectivity index (χ3n) is 5.58. The van der Waals surface area contributed by atoms with Crippen LogP contribution < -0.4 is 10.7 Å². The molecule has 0 atom stereocenters. The van der Waals surface area contributed by atoms with Crippen LogP contribution in [0.5, 0.6) is 0 Å². The predicted molar refractivity (Wildman–Crippen MR) is 85.1 cm³/mol. The summed E-state index contributed by atoms with van der Waals surface area (Å²) in [5.41, 5.74) is 2.84. The van der Waals surface area contributed by atoms with Gasteiger partial charge in [0.1, 0.15) is 6.42 Å². The van der Waals surface area contributed by atoms with Gasteiger partial charge in [0, 0.05) is 11.8 Å². The summed E-state index contributed by atoms with van der Waals surface area (Å²) < 4.78 is 0. The zero-order chi connectivity index (χ0) is 16.4. The molecule has 0 aromatic carbocycles. The second-order valence-electron chi connectivity index (χ2n) is 7.42. The molecule has 0 saturated heterocycles. The van der Waals surface area contributed by atoms with E-state index in [1.807, 2.05) is 0 Å². The molecule has 6 heteroatoms. The van der Waals surface area contributed by atoms with Gasteiger partial charge in [-0.2, -0.15) is 10.4 Å². The molecule has 0 unspecified atom stereocenters. The fourth-order valence-corrected chi connectivity index (χ4v) is 4.94. The van der Waals surface area contributed by atoms with Crippen molar-refractivity contribution in [1.82, 2.24) is 10.7 Å². The Kier molecular flexibility index (Phi) is 4.65. The lowest BCUT2D eigenvalue weighted by Crippen LogP contribution is -2.56. The molecule has 2 amide bonds. The average molecular weight is 316 g/mol. The Morgan fingerprint density at radius 3 is 2.26 bits per heavy atom. The number of rotatable bonds is 5. The third kappa shape index (κ3) is 3.72. The molecular formula is C17H24N4O2. The van der Waals surface area contributed by atoms with E-state index in [1.54, 1.807) is 13.0 Å². The molecule has 23 heavy (non-hydrogen) atoms. The maximum absolute atomic E-state index is 12.3. The number of hydrogen-bond acceptors (Lipinski definition) is 4. The maximum atomic E-state index is 12.3. The minimum absolute atomic E-state index is 0.0155. The Labute approximate surface area is 136 Å². The van der Waals surface area contributed by atoms with Crippen molar-refractivity contribution in [2.45, 2.75) is 57.9 Å². The Balaban J connectivity index is 1.49. The van der Waals surface area contributed by atoms with E-state index >= 15 is 0 Å². The fourth-order valence-electron chi connectivity index (χ4n) is 4.94. The van der Waals surface area contributed by atoms with Gasteiger partial charge in [-0.3, -0.25) is 9.59 Å². The van der Waals surface area contributed by atoms with Crippen molar-refractivity contribution in [2.24, 2.45) is 28.8 Å². The van der Waals surface area contributed by atoms with Crippen LogP contribution >= 0.6 is 0 Å². The highest BCUT2D eigenvalue weighted by Crippen LogP contribution is 2.53. The quantitative estimate of drug-likeness (QED) is 0.597. The number of nitrogens with zero attached hydrogens (tertiary/aromatic N) is 2. The molecule has 0 aliphatic heterocycles. The summed E-state index contributed by atoms with van der Waals surface area (Å²) >= 11 is 0. The number of hydrazone groups is 1. The average Bonchev–Trinajstić information content (AvgIpc) is 2.48. The standard InChI is InChI=1S/C17H24N4O2/c1-10(20-21-15(22)2-3-18)4-16(23)19-17-13-6-11-5-12(8-13)9-14(17)7-11/h11-14,17H,2,4-9H2,1H3,(H,19,23)(H,21,22). The molecule has 2 N–H and O–H groups in total. The number of nitrogens with one attached hydrogen (secondary N) is 2. The fraction of sp³-hybridized carbons (Fsp3) is 0.765. The Morgan fingerprint density at radius 2 is 1.70 bits per heavy atom. The molecule has 4 rings (SSSR count). The van der Waals surface area contributed by atoms with Gasteiger partial charge in [0.2, 0.25) is 5.91 Å². The first-order valence-corrected chi connectivity index (χ1v) is 8.53. The minimum Gasteiger partial charge on any atom is -0.352 e. The normalized spacial score (nSPS) is 34.8. The highest BCUT2D eigenvalue weighted by molar-refractivity contribution is 6.00. The summed E-state index contributed by atoms with van der Waals surface area (Å²) in [7, 11) is 0. The lowest BCUT2D eigenvalue weighted by molar-refractivity contribution is -0.124. The number of carbonyl (C=O) groups excluding carboxylic acids is 2. The lowest BCUT2D eigenvalue weighted by atomic mass is 9.54. The van der Waals surface area contributed by atoms with E-state index in [4.69, 9.17) is 5.26 Å². The zero-order valence-corrected chi connectivity index (χ0v) is 13.5. The van der Waals surface area contributed by atoms with E-state index in [2.05, 4.69) is 15.8 Å². The van der Waals surface area contributed by atoms with Crippen LogP contribution in [0.2, 0.25) is 0 Å². The molecule has 0 aromatic heterocycles. The number of nitriles is 1. The van der Waals surface area contributed by atoms with Gasteiger partial charge < -0.3 is 5.32 Å². The first-order chi connectivity index (χ1) is 11.0. The van der Waals surface area contributed by atoms with Crippen LogP contribution in [-0.4, -0.2) is 23.6 Å². The van der Waals surface area contributed by atoms with E-state index in [0.29, 0.717) is 23.6 Å². The topological polar surface area (TPSA) is 94.3 Å². The zero-order valence-electron chi connectivity index (χ0n) is 13.5. The van der Waals surface area contributed by atoms with E-state index < -0.39 is 5.91 Å². The van der Waals surface area contributed by atoms with Crippen molar-refractivity contribution in [2.75, 3.05) is 0 Å². The first kappa shape index (κ1) is 16.0. The van der Waals surface area contributed by atoms with Gasteiger partial charge in [-0.15, -0.1) is 0 Å². The molecule has 0 radical (unpaired) electrons. The van der Waals surface area contributed by atoms with Crippen molar-refractivity contribution in [3.8, 4) is 6.07 Å². The number of carbonyl (C=O) groups is 2. The van der Waals surface area contributed by atoms with Gasteiger partial charge >= 0.3 is 0 Å². The summed E-state index contributed by atoms with van der Waals surface area (Å²) in [5.74, 6) is 2.63. The second-order valence-corrected chi connectivity index (χ2v) is 7.42. The van der Waals surface area contributed by atoms with E-state index in [-0.39, 0.29) is 18.7 Å². The van der Waals surface area contributed by atoms with Crippen molar-refractivity contribution in [3.05, 3.63) is 0 Å². The molecule has 4 fully saturated rings.